The van der Waals surface area contributed by atoms with Gasteiger partial charge in [0.25, 0.3) is 0 Å². The van der Waals surface area contributed by atoms with Crippen LogP contribution in [0.4, 0.5) is 19.4 Å². The first-order valence-corrected chi connectivity index (χ1v) is 11.3. The maximum absolute atomic E-state index is 13.8. The largest absolute Gasteiger partial charge is 0.444 e. The fraction of sp³-hybridized carbons (Fsp3) is 0.409. The van der Waals surface area contributed by atoms with Gasteiger partial charge in [-0.3, -0.25) is 4.57 Å². The van der Waals surface area contributed by atoms with E-state index in [4.69, 9.17) is 4.74 Å². The molecule has 0 bridgehead atoms. The molecule has 7 nitrogen and oxygen atoms in total. The second-order valence-corrected chi connectivity index (χ2v) is 10.0. The number of piperazine rings is 1. The Kier molecular flexibility index (Phi) is 5.99. The van der Waals surface area contributed by atoms with Crippen molar-refractivity contribution in [2.75, 3.05) is 24.5 Å². The average Bonchev–Trinajstić information content (AvgIpc) is 3.03. The molecular weight excluding hydrogens is 531 g/mol. The summed E-state index contributed by atoms with van der Waals surface area (Å²) in [4.78, 5) is 25.2. The molecule has 10 heteroatoms. The predicted octanol–water partition coefficient (Wildman–Crippen LogP) is 4.75. The molecule has 0 spiro atoms. The number of hydrogen-bond acceptors (Lipinski definition) is 5. The first kappa shape index (κ1) is 22.7. The van der Waals surface area contributed by atoms with Crippen molar-refractivity contribution in [1.29, 1.82) is 0 Å². The highest BCUT2D eigenvalue weighted by atomic mass is 127. The second-order valence-electron chi connectivity index (χ2n) is 8.84. The Balaban J connectivity index is 1.66. The van der Waals surface area contributed by atoms with E-state index in [1.165, 1.54) is 18.5 Å². The van der Waals surface area contributed by atoms with E-state index in [-0.39, 0.29) is 12.1 Å². The molecule has 2 aromatic heterocycles. The molecule has 32 heavy (non-hydrogen) atoms. The number of amides is 1. The highest BCUT2D eigenvalue weighted by molar-refractivity contribution is 14.1. The molecule has 1 aliphatic rings. The minimum atomic E-state index is -0.655. The molecule has 1 atom stereocenters. The molecule has 1 aromatic carbocycles. The zero-order chi connectivity index (χ0) is 23.2. The molecule has 0 N–H and O–H groups in total. The van der Waals surface area contributed by atoms with Crippen LogP contribution >= 0.6 is 22.6 Å². The van der Waals surface area contributed by atoms with E-state index in [2.05, 4.69) is 37.5 Å². The molecule has 0 unspecified atom stereocenters. The molecule has 1 amide bonds. The second kappa shape index (κ2) is 8.45. The van der Waals surface area contributed by atoms with Gasteiger partial charge in [0.2, 0.25) is 0 Å². The topological polar surface area (TPSA) is 63.5 Å². The Labute approximate surface area is 198 Å². The minimum absolute atomic E-state index is 0.0138. The number of benzene rings is 1. The van der Waals surface area contributed by atoms with Crippen LogP contribution in [0.1, 0.15) is 27.7 Å². The fourth-order valence-electron chi connectivity index (χ4n) is 3.86. The van der Waals surface area contributed by atoms with Crippen LogP contribution in [0.2, 0.25) is 0 Å². The Morgan fingerprint density at radius 3 is 2.47 bits per heavy atom. The van der Waals surface area contributed by atoms with Gasteiger partial charge < -0.3 is 14.5 Å². The smallest absolute Gasteiger partial charge is 0.410 e. The van der Waals surface area contributed by atoms with Gasteiger partial charge in [0, 0.05) is 41.5 Å². The Hall–Kier alpha value is -2.50. The van der Waals surface area contributed by atoms with Crippen LogP contribution in [0.25, 0.3) is 16.7 Å². The standard InChI is InChI=1S/C22H24F2IN5O2/c1-13-10-28(21(31)32-22(2,3)4)5-6-29(13)19-18-17(25)11-30(20(18)27-12-26-19)16-8-14(23)7-15(24)9-16/h7-9,11-13H,5-6,10H2,1-4H3/t13-/m0/s1. The van der Waals surface area contributed by atoms with Crippen molar-refractivity contribution in [3.05, 3.63) is 45.9 Å². The monoisotopic (exact) mass is 555 g/mol. The van der Waals surface area contributed by atoms with Crippen LogP contribution in [-0.2, 0) is 4.74 Å². The van der Waals surface area contributed by atoms with Crippen molar-refractivity contribution in [2.45, 2.75) is 39.3 Å². The van der Waals surface area contributed by atoms with E-state index >= 15 is 0 Å². The van der Waals surface area contributed by atoms with E-state index in [0.717, 1.165) is 20.8 Å². The number of hydrogen-bond donors (Lipinski definition) is 0. The van der Waals surface area contributed by atoms with Crippen molar-refractivity contribution in [2.24, 2.45) is 0 Å². The first-order chi connectivity index (χ1) is 15.0. The van der Waals surface area contributed by atoms with Crippen molar-refractivity contribution in [3.63, 3.8) is 0 Å². The summed E-state index contributed by atoms with van der Waals surface area (Å²) in [6, 6.07) is 3.36. The summed E-state index contributed by atoms with van der Waals surface area (Å²) in [5, 5.41) is 0.801. The van der Waals surface area contributed by atoms with E-state index in [9.17, 15) is 13.6 Å². The van der Waals surface area contributed by atoms with Gasteiger partial charge in [0.1, 0.15) is 29.4 Å². The van der Waals surface area contributed by atoms with Crippen molar-refractivity contribution in [3.8, 4) is 5.69 Å². The number of nitrogens with zero attached hydrogens (tertiary/aromatic N) is 5. The Bertz CT molecular complexity index is 1160. The molecular formula is C22H24F2IN5O2. The number of carbonyl (C=O) groups is 1. The lowest BCUT2D eigenvalue weighted by Crippen LogP contribution is -2.54. The molecule has 0 saturated carbocycles. The Morgan fingerprint density at radius 1 is 1.16 bits per heavy atom. The summed E-state index contributed by atoms with van der Waals surface area (Å²) in [5.41, 5.74) is 0.361. The maximum atomic E-state index is 13.8. The summed E-state index contributed by atoms with van der Waals surface area (Å²) >= 11 is 2.18. The molecule has 3 heterocycles. The molecule has 170 valence electrons. The van der Waals surface area contributed by atoms with Gasteiger partial charge in [-0.15, -0.1) is 0 Å². The zero-order valence-electron chi connectivity index (χ0n) is 18.3. The lowest BCUT2D eigenvalue weighted by molar-refractivity contribution is 0.0218. The SMILES string of the molecule is C[C@H]1CN(C(=O)OC(C)(C)C)CCN1c1ncnc2c1c(I)cn2-c1cc(F)cc(F)c1. The number of ether oxygens (including phenoxy) is 1. The van der Waals surface area contributed by atoms with Crippen LogP contribution in [0.5, 0.6) is 0 Å². The first-order valence-electron chi connectivity index (χ1n) is 10.3. The highest BCUT2D eigenvalue weighted by Crippen LogP contribution is 2.33. The summed E-state index contributed by atoms with van der Waals surface area (Å²) in [6.07, 6.45) is 2.91. The van der Waals surface area contributed by atoms with Crippen LogP contribution < -0.4 is 4.90 Å². The van der Waals surface area contributed by atoms with Gasteiger partial charge >= 0.3 is 6.09 Å². The molecule has 1 aliphatic heterocycles. The van der Waals surface area contributed by atoms with Gasteiger partial charge in [-0.05, 0) is 62.4 Å². The predicted molar refractivity (Wildman–Crippen MR) is 126 cm³/mol. The number of carbonyl (C=O) groups excluding carboxylic acids is 1. The molecule has 0 radical (unpaired) electrons. The molecule has 1 saturated heterocycles. The molecule has 4 rings (SSSR count). The number of anilines is 1. The summed E-state index contributed by atoms with van der Waals surface area (Å²) in [5.74, 6) is -0.581. The highest BCUT2D eigenvalue weighted by Gasteiger charge is 2.32. The fourth-order valence-corrected chi connectivity index (χ4v) is 4.62. The Morgan fingerprint density at radius 2 is 1.84 bits per heavy atom. The zero-order valence-corrected chi connectivity index (χ0v) is 20.4. The van der Waals surface area contributed by atoms with Gasteiger partial charge in [-0.2, -0.15) is 0 Å². The van der Waals surface area contributed by atoms with Gasteiger partial charge in [0.15, 0.2) is 5.65 Å². The van der Waals surface area contributed by atoms with Crippen molar-refractivity contribution >= 4 is 45.5 Å². The van der Waals surface area contributed by atoms with Crippen LogP contribution in [-0.4, -0.2) is 56.8 Å². The number of fused-ring (bicyclic) bond motifs is 1. The molecule has 0 aliphatic carbocycles. The third-order valence-electron chi connectivity index (χ3n) is 5.19. The van der Waals surface area contributed by atoms with Crippen molar-refractivity contribution < 1.29 is 18.3 Å². The quantitative estimate of drug-likeness (QED) is 0.428. The van der Waals surface area contributed by atoms with E-state index in [0.29, 0.717) is 31.0 Å². The number of halogens is 3. The minimum Gasteiger partial charge on any atom is -0.444 e. The van der Waals surface area contributed by atoms with Crippen molar-refractivity contribution in [1.82, 2.24) is 19.4 Å². The number of aromatic nitrogens is 3. The summed E-state index contributed by atoms with van der Waals surface area (Å²) in [6.45, 7) is 9.13. The third-order valence-corrected chi connectivity index (χ3v) is 6.01. The number of rotatable bonds is 2. The van der Waals surface area contributed by atoms with Gasteiger partial charge in [0.05, 0.1) is 11.1 Å². The lowest BCUT2D eigenvalue weighted by Gasteiger charge is -2.41. The van der Waals surface area contributed by atoms with Crippen LogP contribution in [0.3, 0.4) is 0 Å². The summed E-state index contributed by atoms with van der Waals surface area (Å²) in [7, 11) is 0. The third kappa shape index (κ3) is 4.50. The normalized spacial score (nSPS) is 17.2. The van der Waals surface area contributed by atoms with E-state index in [1.807, 2.05) is 27.7 Å². The molecule has 3 aromatic rings. The van der Waals surface area contributed by atoms with Gasteiger partial charge in [-0.25, -0.2) is 23.5 Å². The average molecular weight is 555 g/mol. The van der Waals surface area contributed by atoms with E-state index < -0.39 is 17.2 Å². The van der Waals surface area contributed by atoms with Crippen LogP contribution in [0, 0.1) is 15.2 Å². The van der Waals surface area contributed by atoms with Gasteiger partial charge in [-0.1, -0.05) is 0 Å². The van der Waals surface area contributed by atoms with E-state index in [1.54, 1.807) is 15.7 Å². The molecule has 1 fully saturated rings. The lowest BCUT2D eigenvalue weighted by atomic mass is 10.1. The summed E-state index contributed by atoms with van der Waals surface area (Å²) < 4.78 is 35.6. The maximum Gasteiger partial charge on any atom is 0.410 e. The van der Waals surface area contributed by atoms with Crippen LogP contribution in [0.15, 0.2) is 30.7 Å².